The van der Waals surface area contributed by atoms with Crippen LogP contribution in [0.4, 0.5) is 5.69 Å². The van der Waals surface area contributed by atoms with E-state index in [0.717, 1.165) is 4.31 Å². The third kappa shape index (κ3) is 3.68. The van der Waals surface area contributed by atoms with Crippen molar-refractivity contribution in [2.75, 3.05) is 26.0 Å². The second-order valence-corrected chi connectivity index (χ2v) is 7.78. The van der Waals surface area contributed by atoms with E-state index in [1.165, 1.54) is 32.3 Å². The Morgan fingerprint density at radius 2 is 2.00 bits per heavy atom. The third-order valence-electron chi connectivity index (χ3n) is 3.71. The number of sulfonamides is 1. The molecule has 8 nitrogen and oxygen atoms in total. The van der Waals surface area contributed by atoms with Gasteiger partial charge in [-0.3, -0.25) is 9.59 Å². The molecule has 1 aromatic carbocycles. The molecule has 2 atom stereocenters. The fourth-order valence-electron chi connectivity index (χ4n) is 2.25. The Morgan fingerprint density at radius 3 is 2.50 bits per heavy atom. The van der Waals surface area contributed by atoms with Crippen molar-refractivity contribution in [2.45, 2.75) is 18.2 Å². The van der Waals surface area contributed by atoms with Gasteiger partial charge in [0.25, 0.3) is 0 Å². The lowest BCUT2D eigenvalue weighted by molar-refractivity contribution is -0.139. The summed E-state index contributed by atoms with van der Waals surface area (Å²) in [7, 11) is -0.952. The van der Waals surface area contributed by atoms with E-state index in [4.69, 9.17) is 9.84 Å². The summed E-state index contributed by atoms with van der Waals surface area (Å²) >= 11 is 0. The van der Waals surface area contributed by atoms with Crippen LogP contribution in [0.1, 0.15) is 13.3 Å². The number of nitrogens with one attached hydrogen (secondary N) is 1. The summed E-state index contributed by atoms with van der Waals surface area (Å²) in [6.07, 6.45) is 0.293. The van der Waals surface area contributed by atoms with Gasteiger partial charge < -0.3 is 15.2 Å². The van der Waals surface area contributed by atoms with Crippen LogP contribution in [0.5, 0.6) is 5.75 Å². The van der Waals surface area contributed by atoms with E-state index in [2.05, 4.69) is 5.32 Å². The van der Waals surface area contributed by atoms with Crippen LogP contribution in [-0.4, -0.2) is 50.4 Å². The van der Waals surface area contributed by atoms with Gasteiger partial charge in [0.05, 0.1) is 18.4 Å². The Hall–Kier alpha value is -2.13. The third-order valence-corrected chi connectivity index (χ3v) is 5.55. The number of carboxylic acids is 1. The summed E-state index contributed by atoms with van der Waals surface area (Å²) in [6.45, 7) is 2.03. The second kappa shape index (κ2) is 6.78. The molecule has 0 aromatic heterocycles. The molecule has 0 radical (unpaired) electrons. The number of carbonyl (C=O) groups excluding carboxylic acids is 1. The van der Waals surface area contributed by atoms with Gasteiger partial charge in [-0.05, 0) is 31.5 Å². The predicted octanol–water partition coefficient (Wildman–Crippen LogP) is 0.995. The van der Waals surface area contributed by atoms with Gasteiger partial charge in [0, 0.05) is 19.8 Å². The standard InChI is InChI=1S/C15H20N2O6S/c1-4-23-12-6-5-9(7-13(12)24(21,22)17(2)3)16-14(18)10-8-11(10)15(19)20/h5-7,10-11H,4,8H2,1-3H3,(H,16,18)(H,19,20). The van der Waals surface area contributed by atoms with Crippen LogP contribution in [-0.2, 0) is 19.6 Å². The minimum atomic E-state index is -3.75. The van der Waals surface area contributed by atoms with Gasteiger partial charge in [-0.2, -0.15) is 0 Å². The van der Waals surface area contributed by atoms with Gasteiger partial charge in [-0.1, -0.05) is 0 Å². The first-order chi connectivity index (χ1) is 11.2. The summed E-state index contributed by atoms with van der Waals surface area (Å²) in [5.74, 6) is -2.49. The molecule has 1 aromatic rings. The highest BCUT2D eigenvalue weighted by atomic mass is 32.2. The van der Waals surface area contributed by atoms with Crippen molar-refractivity contribution in [3.63, 3.8) is 0 Å². The monoisotopic (exact) mass is 356 g/mol. The van der Waals surface area contributed by atoms with Crippen molar-refractivity contribution in [2.24, 2.45) is 11.8 Å². The first-order valence-electron chi connectivity index (χ1n) is 7.41. The molecule has 0 bridgehead atoms. The van der Waals surface area contributed by atoms with E-state index in [1.807, 2.05) is 0 Å². The highest BCUT2D eigenvalue weighted by molar-refractivity contribution is 7.89. The second-order valence-electron chi connectivity index (χ2n) is 5.66. The van der Waals surface area contributed by atoms with E-state index in [-0.39, 0.29) is 16.3 Å². The highest BCUT2D eigenvalue weighted by Crippen LogP contribution is 2.39. The molecular formula is C15H20N2O6S. The van der Waals surface area contributed by atoms with Gasteiger partial charge >= 0.3 is 5.97 Å². The van der Waals surface area contributed by atoms with E-state index < -0.39 is 33.7 Å². The molecule has 132 valence electrons. The number of aliphatic carboxylic acids is 1. The molecule has 2 N–H and O–H groups in total. The molecule has 2 rings (SSSR count). The van der Waals surface area contributed by atoms with Gasteiger partial charge in [0.2, 0.25) is 15.9 Å². The first kappa shape index (κ1) is 18.2. The topological polar surface area (TPSA) is 113 Å². The molecule has 24 heavy (non-hydrogen) atoms. The molecule has 0 heterocycles. The zero-order valence-corrected chi connectivity index (χ0v) is 14.5. The quantitative estimate of drug-likeness (QED) is 0.753. The average Bonchev–Trinajstić information content (AvgIpc) is 3.29. The number of benzene rings is 1. The van der Waals surface area contributed by atoms with Crippen LogP contribution in [0.25, 0.3) is 0 Å². The fraction of sp³-hybridized carbons (Fsp3) is 0.467. The predicted molar refractivity (Wildman–Crippen MR) is 86.3 cm³/mol. The number of carbonyl (C=O) groups is 2. The van der Waals surface area contributed by atoms with E-state index in [0.29, 0.717) is 13.0 Å². The molecule has 0 saturated heterocycles. The van der Waals surface area contributed by atoms with Crippen molar-refractivity contribution in [3.8, 4) is 5.75 Å². The Kier molecular flexibility index (Phi) is 5.14. The molecule has 2 unspecified atom stereocenters. The van der Waals surface area contributed by atoms with Crippen LogP contribution in [0.15, 0.2) is 23.1 Å². The van der Waals surface area contributed by atoms with Crippen LogP contribution >= 0.6 is 0 Å². The molecule has 9 heteroatoms. The normalized spacial score (nSPS) is 19.8. The van der Waals surface area contributed by atoms with E-state index >= 15 is 0 Å². The summed E-state index contributed by atoms with van der Waals surface area (Å²) < 4.78 is 31.2. The zero-order chi connectivity index (χ0) is 18.1. The Morgan fingerprint density at radius 1 is 1.33 bits per heavy atom. The van der Waals surface area contributed by atoms with Crippen molar-refractivity contribution < 1.29 is 27.9 Å². The fourth-order valence-corrected chi connectivity index (χ4v) is 3.30. The highest BCUT2D eigenvalue weighted by Gasteiger charge is 2.48. The summed E-state index contributed by atoms with van der Waals surface area (Å²) in [4.78, 5) is 22.8. The molecule has 1 amide bonds. The lowest BCUT2D eigenvalue weighted by Gasteiger charge is -2.16. The van der Waals surface area contributed by atoms with Crippen molar-refractivity contribution >= 4 is 27.6 Å². The molecule has 1 aliphatic rings. The maximum atomic E-state index is 12.4. The molecule has 0 spiro atoms. The van der Waals surface area contributed by atoms with Crippen LogP contribution in [0.3, 0.4) is 0 Å². The lowest BCUT2D eigenvalue weighted by atomic mass is 10.2. The average molecular weight is 356 g/mol. The lowest BCUT2D eigenvalue weighted by Crippen LogP contribution is -2.23. The van der Waals surface area contributed by atoms with E-state index in [9.17, 15) is 18.0 Å². The number of nitrogens with zero attached hydrogens (tertiary/aromatic N) is 1. The number of anilines is 1. The molecular weight excluding hydrogens is 336 g/mol. The zero-order valence-electron chi connectivity index (χ0n) is 13.6. The molecule has 0 aliphatic heterocycles. The first-order valence-corrected chi connectivity index (χ1v) is 8.85. The number of amides is 1. The summed E-state index contributed by atoms with van der Waals surface area (Å²) in [6, 6.07) is 4.31. The van der Waals surface area contributed by atoms with Gasteiger partial charge in [0.15, 0.2) is 0 Å². The van der Waals surface area contributed by atoms with Crippen LogP contribution < -0.4 is 10.1 Å². The van der Waals surface area contributed by atoms with E-state index in [1.54, 1.807) is 6.92 Å². The number of hydrogen-bond acceptors (Lipinski definition) is 5. The van der Waals surface area contributed by atoms with Crippen molar-refractivity contribution in [3.05, 3.63) is 18.2 Å². The maximum Gasteiger partial charge on any atom is 0.307 e. The van der Waals surface area contributed by atoms with Crippen molar-refractivity contribution in [1.29, 1.82) is 0 Å². The van der Waals surface area contributed by atoms with Crippen LogP contribution in [0, 0.1) is 11.8 Å². The smallest absolute Gasteiger partial charge is 0.307 e. The number of hydrogen-bond donors (Lipinski definition) is 2. The largest absolute Gasteiger partial charge is 0.492 e. The Balaban J connectivity index is 2.27. The summed E-state index contributed by atoms with van der Waals surface area (Å²) in [5.41, 5.74) is 0.278. The molecule has 1 fully saturated rings. The SMILES string of the molecule is CCOc1ccc(NC(=O)C2CC2C(=O)O)cc1S(=O)(=O)N(C)C. The Bertz CT molecular complexity index is 759. The number of carboxylic acid groups (broad SMARTS) is 1. The minimum Gasteiger partial charge on any atom is -0.492 e. The van der Waals surface area contributed by atoms with Gasteiger partial charge in [-0.25, -0.2) is 12.7 Å². The van der Waals surface area contributed by atoms with Gasteiger partial charge in [-0.15, -0.1) is 0 Å². The maximum absolute atomic E-state index is 12.4. The van der Waals surface area contributed by atoms with Gasteiger partial charge in [0.1, 0.15) is 10.6 Å². The number of ether oxygens (including phenoxy) is 1. The van der Waals surface area contributed by atoms with Crippen molar-refractivity contribution in [1.82, 2.24) is 4.31 Å². The molecule has 1 aliphatic carbocycles. The molecule has 1 saturated carbocycles. The van der Waals surface area contributed by atoms with Crippen LogP contribution in [0.2, 0.25) is 0 Å². The number of rotatable bonds is 7. The summed E-state index contributed by atoms with van der Waals surface area (Å²) in [5, 5.41) is 11.4. The minimum absolute atomic E-state index is 0.0577. The Labute approximate surface area is 140 Å².